The van der Waals surface area contributed by atoms with Gasteiger partial charge >= 0.3 is 0 Å². The Morgan fingerprint density at radius 1 is 1.27 bits per heavy atom. The number of carbonyl (C=O) groups excluding carboxylic acids is 1. The summed E-state index contributed by atoms with van der Waals surface area (Å²) in [6.07, 6.45) is 4.83. The molecule has 0 aromatic rings. The highest BCUT2D eigenvalue weighted by atomic mass is 19.1. The molecule has 122 valence electrons. The summed E-state index contributed by atoms with van der Waals surface area (Å²) in [5.74, 6) is 2.00. The van der Waals surface area contributed by atoms with E-state index >= 15 is 0 Å². The van der Waals surface area contributed by atoms with Crippen molar-refractivity contribution in [2.75, 3.05) is 0 Å². The first-order chi connectivity index (χ1) is 10.3. The van der Waals surface area contributed by atoms with Crippen LogP contribution in [0.4, 0.5) is 4.39 Å². The second kappa shape index (κ2) is 5.32. The van der Waals surface area contributed by atoms with Gasteiger partial charge in [0.2, 0.25) is 0 Å². The van der Waals surface area contributed by atoms with Crippen LogP contribution in [0, 0.1) is 35.0 Å². The number of hydrogen-bond donors (Lipinski definition) is 0. The number of ketones is 1. The molecule has 3 aliphatic carbocycles. The highest BCUT2D eigenvalue weighted by Gasteiger charge is 2.56. The fraction of sp³-hybridized carbons (Fsp3) is 0.750. The smallest absolute Gasteiger partial charge is 0.191 e. The number of halogens is 1. The summed E-state index contributed by atoms with van der Waals surface area (Å²) < 4.78 is 14.7. The summed E-state index contributed by atoms with van der Waals surface area (Å²) in [4.78, 5) is 12.0. The van der Waals surface area contributed by atoms with Crippen molar-refractivity contribution in [2.45, 2.75) is 59.8 Å². The van der Waals surface area contributed by atoms with Crippen LogP contribution in [0.1, 0.15) is 59.8 Å². The summed E-state index contributed by atoms with van der Waals surface area (Å²) in [5.41, 5.74) is 1.38. The highest BCUT2D eigenvalue weighted by Crippen LogP contribution is 2.63. The minimum atomic E-state index is -0.476. The summed E-state index contributed by atoms with van der Waals surface area (Å²) >= 11 is 0. The maximum absolute atomic E-state index is 14.7. The fourth-order valence-corrected chi connectivity index (χ4v) is 6.01. The Morgan fingerprint density at radius 3 is 2.59 bits per heavy atom. The van der Waals surface area contributed by atoms with Crippen molar-refractivity contribution in [1.29, 1.82) is 0 Å². The Labute approximate surface area is 134 Å². The van der Waals surface area contributed by atoms with Crippen LogP contribution < -0.4 is 0 Å². The topological polar surface area (TPSA) is 17.1 Å². The molecule has 0 amide bonds. The van der Waals surface area contributed by atoms with Crippen LogP contribution in [0.3, 0.4) is 0 Å². The van der Waals surface area contributed by atoms with E-state index in [4.69, 9.17) is 0 Å². The largest absolute Gasteiger partial charge is 0.292 e. The Balaban J connectivity index is 2.11. The zero-order chi connectivity index (χ0) is 16.2. The van der Waals surface area contributed by atoms with Crippen molar-refractivity contribution >= 4 is 5.78 Å². The molecule has 1 nitrogen and oxygen atoms in total. The van der Waals surface area contributed by atoms with Gasteiger partial charge in [-0.2, -0.15) is 0 Å². The quantitative estimate of drug-likeness (QED) is 0.627. The van der Waals surface area contributed by atoms with Crippen LogP contribution >= 0.6 is 0 Å². The summed E-state index contributed by atoms with van der Waals surface area (Å²) in [7, 11) is 0. The molecule has 0 aliphatic heterocycles. The molecule has 0 aromatic carbocycles. The molecule has 2 saturated carbocycles. The van der Waals surface area contributed by atoms with Crippen LogP contribution in [-0.4, -0.2) is 5.78 Å². The Hall–Kier alpha value is -0.920. The highest BCUT2D eigenvalue weighted by molar-refractivity contribution is 5.96. The lowest BCUT2D eigenvalue weighted by Crippen LogP contribution is -2.51. The number of Topliss-reactive ketones (excluding diaryl/α,β-unsaturated/α-hetero) is 1. The first-order valence-corrected chi connectivity index (χ1v) is 8.93. The van der Waals surface area contributed by atoms with Crippen LogP contribution in [-0.2, 0) is 4.79 Å². The van der Waals surface area contributed by atoms with E-state index in [-0.39, 0.29) is 17.1 Å². The molecule has 0 radical (unpaired) electrons. The van der Waals surface area contributed by atoms with E-state index in [1.54, 1.807) is 0 Å². The number of carbonyl (C=O) groups is 1. The van der Waals surface area contributed by atoms with Gasteiger partial charge in [-0.15, -0.1) is 0 Å². The van der Waals surface area contributed by atoms with Crippen molar-refractivity contribution in [2.24, 2.45) is 35.0 Å². The third-order valence-corrected chi connectivity index (χ3v) is 7.33. The van der Waals surface area contributed by atoms with Gasteiger partial charge in [0.15, 0.2) is 11.6 Å². The fourth-order valence-electron chi connectivity index (χ4n) is 6.01. The molecular weight excluding hydrogens is 275 g/mol. The van der Waals surface area contributed by atoms with Crippen molar-refractivity contribution < 1.29 is 9.18 Å². The summed E-state index contributed by atoms with van der Waals surface area (Å²) in [6.45, 7) is 13.2. The minimum Gasteiger partial charge on any atom is -0.292 e. The van der Waals surface area contributed by atoms with Gasteiger partial charge in [-0.1, -0.05) is 47.1 Å². The molecule has 3 rings (SSSR count). The van der Waals surface area contributed by atoms with E-state index in [0.717, 1.165) is 17.9 Å². The number of hydrogen-bond acceptors (Lipinski definition) is 1. The van der Waals surface area contributed by atoms with Gasteiger partial charge in [0.25, 0.3) is 0 Å². The molecule has 2 fully saturated rings. The molecule has 0 saturated heterocycles. The molecule has 0 heterocycles. The molecule has 0 N–H and O–H groups in total. The van der Waals surface area contributed by atoms with Gasteiger partial charge in [0, 0.05) is 17.4 Å². The van der Waals surface area contributed by atoms with Gasteiger partial charge in [0.1, 0.15) is 0 Å². The van der Waals surface area contributed by atoms with Gasteiger partial charge in [-0.3, -0.25) is 4.79 Å². The molecule has 0 bridgehead atoms. The van der Waals surface area contributed by atoms with Gasteiger partial charge in [-0.25, -0.2) is 4.39 Å². The van der Waals surface area contributed by atoms with Gasteiger partial charge in [-0.05, 0) is 48.0 Å². The summed E-state index contributed by atoms with van der Waals surface area (Å²) in [6, 6.07) is 0. The lowest BCUT2D eigenvalue weighted by Gasteiger charge is -2.58. The molecule has 2 heteroatoms. The van der Waals surface area contributed by atoms with Crippen molar-refractivity contribution in [1.82, 2.24) is 0 Å². The van der Waals surface area contributed by atoms with Gasteiger partial charge in [0.05, 0.1) is 0 Å². The Morgan fingerprint density at radius 2 is 1.95 bits per heavy atom. The standard InChI is InChI=1S/C20H29FO/c1-6-14-11(2)7-8-16-15(14)9-12(3)18-19(21)17(22)10-13(4)20(16,18)5/h11,13-16H,3,6-10H2,1-2,4-5H3. The number of fused-ring (bicyclic) bond motifs is 3. The predicted molar refractivity (Wildman–Crippen MR) is 87.9 cm³/mol. The zero-order valence-electron chi connectivity index (χ0n) is 14.4. The monoisotopic (exact) mass is 304 g/mol. The molecule has 0 spiro atoms. The van der Waals surface area contributed by atoms with Crippen LogP contribution in [0.15, 0.2) is 23.6 Å². The third kappa shape index (κ3) is 1.98. The molecule has 22 heavy (non-hydrogen) atoms. The molecule has 3 aliphatic rings. The maximum Gasteiger partial charge on any atom is 0.191 e. The summed E-state index contributed by atoms with van der Waals surface area (Å²) in [5, 5.41) is 0. The SMILES string of the molecule is C=C1CC2C(CC)C(C)CCC2C2(C)C1=C(F)C(=O)CC2C. The van der Waals surface area contributed by atoms with E-state index in [1.165, 1.54) is 19.3 Å². The zero-order valence-corrected chi connectivity index (χ0v) is 14.4. The van der Waals surface area contributed by atoms with E-state index in [2.05, 4.69) is 34.3 Å². The van der Waals surface area contributed by atoms with Gasteiger partial charge < -0.3 is 0 Å². The molecule has 6 unspecified atom stereocenters. The van der Waals surface area contributed by atoms with E-state index in [9.17, 15) is 9.18 Å². The first kappa shape index (κ1) is 16.0. The first-order valence-electron chi connectivity index (χ1n) is 8.93. The average Bonchev–Trinajstić information content (AvgIpc) is 2.45. The van der Waals surface area contributed by atoms with E-state index in [1.807, 2.05) is 0 Å². The molecule has 6 atom stereocenters. The van der Waals surface area contributed by atoms with E-state index in [0.29, 0.717) is 29.7 Å². The third-order valence-electron chi connectivity index (χ3n) is 7.33. The average molecular weight is 304 g/mol. The van der Waals surface area contributed by atoms with Crippen LogP contribution in [0.5, 0.6) is 0 Å². The lowest BCUT2D eigenvalue weighted by atomic mass is 9.46. The second-order valence-electron chi connectivity index (χ2n) is 8.20. The predicted octanol–water partition coefficient (Wildman–Crippen LogP) is 5.47. The van der Waals surface area contributed by atoms with E-state index < -0.39 is 5.83 Å². The van der Waals surface area contributed by atoms with Crippen LogP contribution in [0.2, 0.25) is 0 Å². The van der Waals surface area contributed by atoms with Crippen molar-refractivity contribution in [3.05, 3.63) is 23.6 Å². The minimum absolute atomic E-state index is 0.203. The molecular formula is C20H29FO. The van der Waals surface area contributed by atoms with Crippen molar-refractivity contribution in [3.63, 3.8) is 0 Å². The Bertz CT molecular complexity index is 546. The van der Waals surface area contributed by atoms with Crippen LogP contribution in [0.25, 0.3) is 0 Å². The molecule has 0 aromatic heterocycles. The number of allylic oxidation sites excluding steroid dienone is 3. The van der Waals surface area contributed by atoms with Crippen molar-refractivity contribution in [3.8, 4) is 0 Å². The lowest BCUT2D eigenvalue weighted by molar-refractivity contribution is -0.121. The normalized spacial score (nSPS) is 45.6. The number of rotatable bonds is 1. The second-order valence-corrected chi connectivity index (χ2v) is 8.20. The Kier molecular flexibility index (Phi) is 3.86. The maximum atomic E-state index is 14.7.